The zero-order valence-electron chi connectivity index (χ0n) is 19.9. The van der Waals surface area contributed by atoms with Gasteiger partial charge in [0.15, 0.2) is 0 Å². The Morgan fingerprint density at radius 3 is 2.42 bits per heavy atom. The van der Waals surface area contributed by atoms with Gasteiger partial charge in [0, 0.05) is 18.2 Å². The van der Waals surface area contributed by atoms with Crippen molar-refractivity contribution in [2.24, 2.45) is 5.92 Å². The van der Waals surface area contributed by atoms with E-state index in [9.17, 15) is 4.79 Å². The Labute approximate surface area is 198 Å². The third-order valence-corrected chi connectivity index (χ3v) is 7.77. The van der Waals surface area contributed by atoms with Crippen LogP contribution in [-0.4, -0.2) is 36.5 Å². The van der Waals surface area contributed by atoms with Crippen LogP contribution in [0.25, 0.3) is 0 Å². The van der Waals surface area contributed by atoms with Gasteiger partial charge in [-0.05, 0) is 105 Å². The Balaban J connectivity index is 1.12. The fourth-order valence-electron chi connectivity index (χ4n) is 5.43. The summed E-state index contributed by atoms with van der Waals surface area (Å²) in [6.45, 7) is 4.35. The van der Waals surface area contributed by atoms with Gasteiger partial charge in [0.25, 0.3) is 5.91 Å². The summed E-state index contributed by atoms with van der Waals surface area (Å²) in [6.07, 6.45) is 12.3. The maximum Gasteiger partial charge on any atom is 0.251 e. The zero-order valence-corrected chi connectivity index (χ0v) is 19.9. The molecule has 2 aliphatic carbocycles. The molecule has 1 N–H and O–H groups in total. The van der Waals surface area contributed by atoms with Crippen molar-refractivity contribution in [2.75, 3.05) is 19.7 Å². The van der Waals surface area contributed by atoms with Crippen LogP contribution >= 0.6 is 0 Å². The number of fused-ring (bicyclic) bond motifs is 1. The summed E-state index contributed by atoms with van der Waals surface area (Å²) < 4.78 is 5.86. The number of aryl methyl sites for hydroxylation is 1. The second-order valence-corrected chi connectivity index (χ2v) is 10.3. The third kappa shape index (κ3) is 5.97. The average Bonchev–Trinajstić information content (AvgIpc) is 3.07. The molecule has 0 bridgehead atoms. The van der Waals surface area contributed by atoms with Gasteiger partial charge in [0.1, 0.15) is 5.75 Å². The average molecular weight is 447 g/mol. The van der Waals surface area contributed by atoms with Gasteiger partial charge in [-0.3, -0.25) is 9.69 Å². The largest absolute Gasteiger partial charge is 0.493 e. The minimum atomic E-state index is 0.0202. The number of amides is 1. The lowest BCUT2D eigenvalue weighted by molar-refractivity contribution is 0.0933. The minimum Gasteiger partial charge on any atom is -0.493 e. The molecule has 1 atom stereocenters. The maximum atomic E-state index is 12.8. The van der Waals surface area contributed by atoms with E-state index in [4.69, 9.17) is 4.74 Å². The number of rotatable bonds is 7. The number of carbonyl (C=O) groups is 1. The van der Waals surface area contributed by atoms with E-state index >= 15 is 0 Å². The van der Waals surface area contributed by atoms with E-state index in [0.717, 1.165) is 38.2 Å². The van der Waals surface area contributed by atoms with Gasteiger partial charge in [-0.1, -0.05) is 37.5 Å². The molecule has 2 aromatic carbocycles. The van der Waals surface area contributed by atoms with Crippen LogP contribution in [0.2, 0.25) is 0 Å². The lowest BCUT2D eigenvalue weighted by atomic mass is 9.86. The summed E-state index contributed by atoms with van der Waals surface area (Å²) in [4.78, 5) is 15.4. The van der Waals surface area contributed by atoms with Crippen LogP contribution in [0.4, 0.5) is 0 Å². The number of nitrogens with one attached hydrogen (secondary N) is 1. The quantitative estimate of drug-likeness (QED) is 0.608. The van der Waals surface area contributed by atoms with E-state index in [0.29, 0.717) is 11.5 Å². The number of carbonyl (C=O) groups excluding carboxylic acids is 1. The van der Waals surface area contributed by atoms with E-state index in [-0.39, 0.29) is 11.9 Å². The van der Waals surface area contributed by atoms with E-state index < -0.39 is 0 Å². The maximum absolute atomic E-state index is 12.8. The lowest BCUT2D eigenvalue weighted by Gasteiger charge is -2.27. The predicted molar refractivity (Wildman–Crippen MR) is 133 cm³/mol. The molecule has 0 unspecified atom stereocenters. The van der Waals surface area contributed by atoms with Gasteiger partial charge in [-0.15, -0.1) is 0 Å². The van der Waals surface area contributed by atoms with Crippen molar-refractivity contribution in [2.45, 2.75) is 76.8 Å². The summed E-state index contributed by atoms with van der Waals surface area (Å²) in [5.41, 5.74) is 5.02. The molecule has 1 saturated carbocycles. The van der Waals surface area contributed by atoms with Crippen LogP contribution in [0, 0.1) is 5.92 Å². The molecule has 3 aliphatic rings. The fourth-order valence-corrected chi connectivity index (χ4v) is 5.43. The van der Waals surface area contributed by atoms with Crippen molar-refractivity contribution in [3.8, 4) is 5.75 Å². The second kappa shape index (κ2) is 10.7. The number of ether oxygens (including phenoxy) is 1. The van der Waals surface area contributed by atoms with Gasteiger partial charge in [0.2, 0.25) is 0 Å². The second-order valence-electron chi connectivity index (χ2n) is 10.3. The summed E-state index contributed by atoms with van der Waals surface area (Å²) in [5.74, 6) is 1.60. The number of benzene rings is 2. The molecule has 0 aromatic heterocycles. The van der Waals surface area contributed by atoms with Crippen molar-refractivity contribution in [1.82, 2.24) is 10.2 Å². The number of nitrogens with zero attached hydrogens (tertiary/aromatic N) is 1. The third-order valence-electron chi connectivity index (χ3n) is 7.77. The molecular weight excluding hydrogens is 408 g/mol. The van der Waals surface area contributed by atoms with Crippen LogP contribution in [-0.2, 0) is 19.4 Å². The molecule has 33 heavy (non-hydrogen) atoms. The summed E-state index contributed by atoms with van der Waals surface area (Å²) in [7, 11) is 0. The van der Waals surface area contributed by atoms with Gasteiger partial charge >= 0.3 is 0 Å². The SMILES string of the molecule is O=C(N[C@H]1CCc2cc(CN3CCCCCC3)ccc2C1)c1ccc(OCC2CCC2)cc1. The summed E-state index contributed by atoms with van der Waals surface area (Å²) >= 11 is 0. The van der Waals surface area contributed by atoms with E-state index in [1.807, 2.05) is 24.3 Å². The zero-order chi connectivity index (χ0) is 22.5. The minimum absolute atomic E-state index is 0.0202. The Morgan fingerprint density at radius 2 is 1.70 bits per heavy atom. The highest BCUT2D eigenvalue weighted by molar-refractivity contribution is 5.94. The van der Waals surface area contributed by atoms with Crippen LogP contribution in [0.15, 0.2) is 42.5 Å². The summed E-state index contributed by atoms with van der Waals surface area (Å²) in [6, 6.07) is 14.8. The molecule has 2 fully saturated rings. The van der Waals surface area contributed by atoms with Crippen LogP contribution in [0.1, 0.15) is 78.4 Å². The first kappa shape index (κ1) is 22.5. The molecule has 2 aromatic rings. The molecule has 176 valence electrons. The lowest BCUT2D eigenvalue weighted by Crippen LogP contribution is -2.38. The Kier molecular flexibility index (Phi) is 7.30. The van der Waals surface area contributed by atoms with Crippen LogP contribution < -0.4 is 10.1 Å². The number of hydrogen-bond donors (Lipinski definition) is 1. The highest BCUT2D eigenvalue weighted by Crippen LogP contribution is 2.27. The van der Waals surface area contributed by atoms with Gasteiger partial charge in [-0.2, -0.15) is 0 Å². The summed E-state index contributed by atoms with van der Waals surface area (Å²) in [5, 5.41) is 3.26. The van der Waals surface area contributed by atoms with Gasteiger partial charge in [0.05, 0.1) is 6.61 Å². The fraction of sp³-hybridized carbons (Fsp3) is 0.552. The Hall–Kier alpha value is -2.33. The molecule has 5 rings (SSSR count). The monoisotopic (exact) mass is 446 g/mol. The number of hydrogen-bond acceptors (Lipinski definition) is 3. The molecule has 0 radical (unpaired) electrons. The molecule has 1 saturated heterocycles. The Bertz CT molecular complexity index is 927. The van der Waals surface area contributed by atoms with Crippen LogP contribution in [0.5, 0.6) is 5.75 Å². The van der Waals surface area contributed by atoms with Crippen molar-refractivity contribution in [3.05, 3.63) is 64.7 Å². The van der Waals surface area contributed by atoms with Gasteiger partial charge < -0.3 is 10.1 Å². The van der Waals surface area contributed by atoms with Crippen molar-refractivity contribution >= 4 is 5.91 Å². The topological polar surface area (TPSA) is 41.6 Å². The highest BCUT2D eigenvalue weighted by atomic mass is 16.5. The van der Waals surface area contributed by atoms with E-state index in [2.05, 4.69) is 28.4 Å². The standard InChI is InChI=1S/C29H38N2O2/c32-29(24-11-14-28(15-12-24)33-21-22-6-5-7-22)30-27-13-10-25-18-23(8-9-26(25)19-27)20-31-16-3-1-2-4-17-31/h8-9,11-12,14-15,18,22,27H,1-7,10,13,16-17,19-21H2,(H,30,32)/t27-/m0/s1. The predicted octanol–water partition coefficient (Wildman–Crippen LogP) is 5.53. The number of likely N-dealkylation sites (tertiary alicyclic amines) is 1. The van der Waals surface area contributed by atoms with Crippen molar-refractivity contribution < 1.29 is 9.53 Å². The molecule has 0 spiro atoms. The Morgan fingerprint density at radius 1 is 0.909 bits per heavy atom. The van der Waals surface area contributed by atoms with Crippen molar-refractivity contribution in [1.29, 1.82) is 0 Å². The molecule has 4 nitrogen and oxygen atoms in total. The molecule has 4 heteroatoms. The first-order valence-corrected chi connectivity index (χ1v) is 13.1. The highest BCUT2D eigenvalue weighted by Gasteiger charge is 2.22. The molecule has 1 heterocycles. The smallest absolute Gasteiger partial charge is 0.251 e. The molecule has 1 aliphatic heterocycles. The normalized spacial score (nSPS) is 21.5. The van der Waals surface area contributed by atoms with E-state index in [1.54, 1.807) is 0 Å². The molecule has 1 amide bonds. The first-order chi connectivity index (χ1) is 16.2. The van der Waals surface area contributed by atoms with Crippen LogP contribution in [0.3, 0.4) is 0 Å². The van der Waals surface area contributed by atoms with E-state index in [1.165, 1.54) is 74.7 Å². The first-order valence-electron chi connectivity index (χ1n) is 13.1. The molecular formula is C29H38N2O2. The van der Waals surface area contributed by atoms with Crippen molar-refractivity contribution in [3.63, 3.8) is 0 Å². The van der Waals surface area contributed by atoms with Gasteiger partial charge in [-0.25, -0.2) is 0 Å².